The summed E-state index contributed by atoms with van der Waals surface area (Å²) in [6, 6.07) is 3.91. The molecule has 1 saturated heterocycles. The standard InChI is InChI=1S/C14H21FN2O3S/c1-10-8-17(9-11(2)20-10)21(18,19)13-4-5-14(15)12(6-13)7-16-3/h4-6,10-11,16H,7-9H2,1-3H3. The second-order valence-electron chi connectivity index (χ2n) is 5.36. The number of rotatable bonds is 4. The fourth-order valence-corrected chi connectivity index (χ4v) is 4.16. The maximum atomic E-state index is 13.6. The second-order valence-corrected chi connectivity index (χ2v) is 7.30. The van der Waals surface area contributed by atoms with Crippen LogP contribution in [0.5, 0.6) is 0 Å². The van der Waals surface area contributed by atoms with Crippen molar-refractivity contribution in [2.75, 3.05) is 20.1 Å². The lowest BCUT2D eigenvalue weighted by molar-refractivity contribution is -0.0440. The molecule has 1 heterocycles. The first-order valence-electron chi connectivity index (χ1n) is 6.93. The summed E-state index contributed by atoms with van der Waals surface area (Å²) in [6.07, 6.45) is -0.304. The Kier molecular flexibility index (Phi) is 4.98. The van der Waals surface area contributed by atoms with Crippen molar-refractivity contribution >= 4 is 10.0 Å². The molecule has 21 heavy (non-hydrogen) atoms. The van der Waals surface area contributed by atoms with E-state index < -0.39 is 15.8 Å². The lowest BCUT2D eigenvalue weighted by atomic mass is 10.2. The van der Waals surface area contributed by atoms with E-state index in [0.717, 1.165) is 0 Å². The molecule has 118 valence electrons. The van der Waals surface area contributed by atoms with Gasteiger partial charge in [-0.05, 0) is 39.1 Å². The molecule has 0 aromatic heterocycles. The van der Waals surface area contributed by atoms with E-state index in [1.54, 1.807) is 7.05 Å². The molecule has 1 fully saturated rings. The van der Waals surface area contributed by atoms with Gasteiger partial charge in [-0.3, -0.25) is 0 Å². The molecule has 1 aliphatic rings. The molecule has 2 atom stereocenters. The lowest BCUT2D eigenvalue weighted by Crippen LogP contribution is -2.48. The van der Waals surface area contributed by atoms with Crippen molar-refractivity contribution < 1.29 is 17.5 Å². The van der Waals surface area contributed by atoms with Gasteiger partial charge in [0.2, 0.25) is 10.0 Å². The Hall–Kier alpha value is -1.02. The third-order valence-electron chi connectivity index (χ3n) is 3.41. The molecule has 2 rings (SSSR count). The fraction of sp³-hybridized carbons (Fsp3) is 0.571. The Morgan fingerprint density at radius 1 is 1.33 bits per heavy atom. The molecule has 1 aliphatic heterocycles. The van der Waals surface area contributed by atoms with Gasteiger partial charge in [0.25, 0.3) is 0 Å². The fourth-order valence-electron chi connectivity index (χ4n) is 2.51. The molecule has 5 nitrogen and oxygen atoms in total. The number of sulfonamides is 1. The first-order chi connectivity index (χ1) is 9.84. The van der Waals surface area contributed by atoms with E-state index >= 15 is 0 Å². The van der Waals surface area contributed by atoms with E-state index in [1.165, 1.54) is 22.5 Å². The van der Waals surface area contributed by atoms with Gasteiger partial charge < -0.3 is 10.1 Å². The number of hydrogen-bond donors (Lipinski definition) is 1. The first-order valence-corrected chi connectivity index (χ1v) is 8.37. The number of nitrogens with one attached hydrogen (secondary N) is 1. The largest absolute Gasteiger partial charge is 0.373 e. The predicted molar refractivity (Wildman–Crippen MR) is 77.9 cm³/mol. The summed E-state index contributed by atoms with van der Waals surface area (Å²) in [5.74, 6) is -0.410. The van der Waals surface area contributed by atoms with Crippen LogP contribution in [-0.4, -0.2) is 45.1 Å². The van der Waals surface area contributed by atoms with E-state index in [-0.39, 0.29) is 23.6 Å². The molecular weight excluding hydrogens is 295 g/mol. The summed E-state index contributed by atoms with van der Waals surface area (Å²) in [6.45, 7) is 4.59. The summed E-state index contributed by atoms with van der Waals surface area (Å²) in [5.41, 5.74) is 0.341. The molecule has 1 aromatic rings. The molecule has 0 bridgehead atoms. The highest BCUT2D eigenvalue weighted by atomic mass is 32.2. The van der Waals surface area contributed by atoms with Gasteiger partial charge in [0, 0.05) is 25.2 Å². The molecule has 0 radical (unpaired) electrons. The van der Waals surface area contributed by atoms with Crippen LogP contribution in [0.2, 0.25) is 0 Å². The molecular formula is C14H21FN2O3S. The van der Waals surface area contributed by atoms with E-state index in [4.69, 9.17) is 4.74 Å². The van der Waals surface area contributed by atoms with Crippen LogP contribution in [0, 0.1) is 5.82 Å². The van der Waals surface area contributed by atoms with Gasteiger partial charge in [-0.2, -0.15) is 4.31 Å². The van der Waals surface area contributed by atoms with Crippen molar-refractivity contribution in [2.24, 2.45) is 0 Å². The number of benzene rings is 1. The van der Waals surface area contributed by atoms with E-state index in [1.807, 2.05) is 13.8 Å². The molecule has 0 spiro atoms. The lowest BCUT2D eigenvalue weighted by Gasteiger charge is -2.34. The maximum Gasteiger partial charge on any atom is 0.243 e. The molecule has 1 aromatic carbocycles. The number of nitrogens with zero attached hydrogens (tertiary/aromatic N) is 1. The minimum absolute atomic E-state index is 0.121. The second kappa shape index (κ2) is 6.39. The minimum atomic E-state index is -3.63. The Morgan fingerprint density at radius 2 is 1.95 bits per heavy atom. The van der Waals surface area contributed by atoms with Gasteiger partial charge in [0.15, 0.2) is 0 Å². The van der Waals surface area contributed by atoms with Gasteiger partial charge in [0.1, 0.15) is 5.82 Å². The summed E-state index contributed by atoms with van der Waals surface area (Å²) in [5, 5.41) is 2.83. The Bertz CT molecular complexity index is 596. The third-order valence-corrected chi connectivity index (χ3v) is 5.24. The molecule has 0 amide bonds. The van der Waals surface area contributed by atoms with Crippen molar-refractivity contribution in [3.8, 4) is 0 Å². The molecule has 2 unspecified atom stereocenters. The van der Waals surface area contributed by atoms with E-state index in [0.29, 0.717) is 18.7 Å². The zero-order valence-corrected chi connectivity index (χ0v) is 13.3. The third kappa shape index (κ3) is 3.60. The highest BCUT2D eigenvalue weighted by molar-refractivity contribution is 7.89. The van der Waals surface area contributed by atoms with Gasteiger partial charge in [-0.15, -0.1) is 0 Å². The minimum Gasteiger partial charge on any atom is -0.373 e. The topological polar surface area (TPSA) is 58.6 Å². The number of morpholine rings is 1. The zero-order valence-electron chi connectivity index (χ0n) is 12.5. The van der Waals surface area contributed by atoms with Crippen LogP contribution in [0.1, 0.15) is 19.4 Å². The Balaban J connectivity index is 2.33. The Labute approximate surface area is 125 Å². The first kappa shape index (κ1) is 16.4. The van der Waals surface area contributed by atoms with Crippen LogP contribution in [0.4, 0.5) is 4.39 Å². The highest BCUT2D eigenvalue weighted by Gasteiger charge is 2.32. The van der Waals surface area contributed by atoms with E-state index in [9.17, 15) is 12.8 Å². The van der Waals surface area contributed by atoms with Crippen molar-refractivity contribution in [3.05, 3.63) is 29.6 Å². The molecule has 0 saturated carbocycles. The van der Waals surface area contributed by atoms with Crippen molar-refractivity contribution in [1.29, 1.82) is 0 Å². The summed E-state index contributed by atoms with van der Waals surface area (Å²) in [4.78, 5) is 0.121. The average Bonchev–Trinajstić information content (AvgIpc) is 2.40. The van der Waals surface area contributed by atoms with Crippen LogP contribution in [0.3, 0.4) is 0 Å². The summed E-state index contributed by atoms with van der Waals surface area (Å²) in [7, 11) is -1.94. The molecule has 1 N–H and O–H groups in total. The summed E-state index contributed by atoms with van der Waals surface area (Å²) < 4.78 is 45.9. The average molecular weight is 316 g/mol. The van der Waals surface area contributed by atoms with Gasteiger partial charge in [-0.1, -0.05) is 0 Å². The number of halogens is 1. The smallest absolute Gasteiger partial charge is 0.243 e. The van der Waals surface area contributed by atoms with Crippen LogP contribution in [0.15, 0.2) is 23.1 Å². The van der Waals surface area contributed by atoms with Crippen molar-refractivity contribution in [1.82, 2.24) is 9.62 Å². The van der Waals surface area contributed by atoms with Gasteiger partial charge in [0.05, 0.1) is 17.1 Å². The maximum absolute atomic E-state index is 13.6. The normalized spacial score (nSPS) is 24.2. The zero-order chi connectivity index (χ0) is 15.6. The highest BCUT2D eigenvalue weighted by Crippen LogP contribution is 2.23. The summed E-state index contributed by atoms with van der Waals surface area (Å²) >= 11 is 0. The van der Waals surface area contributed by atoms with Crippen LogP contribution >= 0.6 is 0 Å². The quantitative estimate of drug-likeness (QED) is 0.911. The van der Waals surface area contributed by atoms with E-state index in [2.05, 4.69) is 5.32 Å². The number of hydrogen-bond acceptors (Lipinski definition) is 4. The van der Waals surface area contributed by atoms with Crippen LogP contribution in [0.25, 0.3) is 0 Å². The Morgan fingerprint density at radius 3 is 2.52 bits per heavy atom. The molecule has 0 aliphatic carbocycles. The monoisotopic (exact) mass is 316 g/mol. The number of ether oxygens (including phenoxy) is 1. The van der Waals surface area contributed by atoms with Crippen LogP contribution < -0.4 is 5.32 Å². The van der Waals surface area contributed by atoms with Crippen molar-refractivity contribution in [3.63, 3.8) is 0 Å². The van der Waals surface area contributed by atoms with Crippen molar-refractivity contribution in [2.45, 2.75) is 37.5 Å². The SMILES string of the molecule is CNCc1cc(S(=O)(=O)N2CC(C)OC(C)C2)ccc1F. The van der Waals surface area contributed by atoms with Gasteiger partial charge >= 0.3 is 0 Å². The van der Waals surface area contributed by atoms with Crippen LogP contribution in [-0.2, 0) is 21.3 Å². The molecule has 7 heteroatoms. The predicted octanol–water partition coefficient (Wildman–Crippen LogP) is 1.34. The van der Waals surface area contributed by atoms with Gasteiger partial charge in [-0.25, -0.2) is 12.8 Å².